The lowest BCUT2D eigenvalue weighted by Crippen LogP contribution is -2.29. The van der Waals surface area contributed by atoms with Gasteiger partial charge in [-0.3, -0.25) is 0 Å². The molecule has 0 fully saturated rings. The molecule has 0 aliphatic carbocycles. The summed E-state index contributed by atoms with van der Waals surface area (Å²) in [6, 6.07) is 12.4. The number of nitrogens with two attached hydrogens (primary N) is 1. The molecule has 2 aromatic carbocycles. The Balaban J connectivity index is 1.94. The summed E-state index contributed by atoms with van der Waals surface area (Å²) in [4.78, 5) is 2.13. The summed E-state index contributed by atoms with van der Waals surface area (Å²) in [5, 5.41) is 8.95. The Bertz CT molecular complexity index is 718. The molecule has 0 amide bonds. The minimum Gasteiger partial charge on any atom is -0.399 e. The lowest BCUT2D eigenvalue weighted by atomic mass is 10.00. The molecule has 2 aromatic rings. The Morgan fingerprint density at radius 1 is 1.24 bits per heavy atom. The van der Waals surface area contributed by atoms with Crippen LogP contribution in [-0.2, 0) is 13.0 Å². The smallest absolute Gasteiger partial charge is 0.128 e. The second-order valence-corrected chi connectivity index (χ2v) is 5.33. The van der Waals surface area contributed by atoms with Crippen molar-refractivity contribution in [2.75, 3.05) is 17.2 Å². The molecule has 1 aliphatic heterocycles. The highest BCUT2D eigenvalue weighted by Gasteiger charge is 2.18. The van der Waals surface area contributed by atoms with E-state index in [0.29, 0.717) is 23.4 Å². The van der Waals surface area contributed by atoms with Gasteiger partial charge in [-0.25, -0.2) is 4.39 Å². The molecule has 0 saturated heterocycles. The molecule has 0 atom stereocenters. The summed E-state index contributed by atoms with van der Waals surface area (Å²) >= 11 is 0. The van der Waals surface area contributed by atoms with E-state index in [1.165, 1.54) is 17.7 Å². The summed E-state index contributed by atoms with van der Waals surface area (Å²) in [6.07, 6.45) is 2.06. The zero-order valence-electron chi connectivity index (χ0n) is 11.6. The van der Waals surface area contributed by atoms with Gasteiger partial charge in [0, 0.05) is 30.0 Å². The van der Waals surface area contributed by atoms with Crippen LogP contribution in [0.25, 0.3) is 0 Å². The number of nitrogens with zero attached hydrogens (tertiary/aromatic N) is 2. The molecule has 4 heteroatoms. The van der Waals surface area contributed by atoms with Crippen molar-refractivity contribution in [2.45, 2.75) is 19.4 Å². The highest BCUT2D eigenvalue weighted by molar-refractivity contribution is 5.62. The number of nitrogen functional groups attached to an aromatic ring is 1. The molecule has 0 aromatic heterocycles. The molecule has 3 nitrogen and oxygen atoms in total. The molecule has 106 valence electrons. The highest BCUT2D eigenvalue weighted by atomic mass is 19.1. The van der Waals surface area contributed by atoms with Crippen molar-refractivity contribution in [3.8, 4) is 6.07 Å². The van der Waals surface area contributed by atoms with Crippen molar-refractivity contribution in [1.29, 1.82) is 5.26 Å². The molecule has 0 saturated carbocycles. The molecule has 0 bridgehead atoms. The number of anilines is 2. The fourth-order valence-corrected chi connectivity index (χ4v) is 2.80. The Labute approximate surface area is 123 Å². The highest BCUT2D eigenvalue weighted by Crippen LogP contribution is 2.30. The van der Waals surface area contributed by atoms with Crippen molar-refractivity contribution < 1.29 is 4.39 Å². The van der Waals surface area contributed by atoms with Gasteiger partial charge in [-0.05, 0) is 48.7 Å². The van der Waals surface area contributed by atoms with E-state index in [9.17, 15) is 4.39 Å². The van der Waals surface area contributed by atoms with Crippen LogP contribution in [-0.4, -0.2) is 6.54 Å². The first-order valence-corrected chi connectivity index (χ1v) is 6.99. The molecular formula is C17H16FN3. The molecular weight excluding hydrogens is 265 g/mol. The minimum atomic E-state index is -0.273. The Morgan fingerprint density at radius 2 is 2.10 bits per heavy atom. The zero-order chi connectivity index (χ0) is 14.8. The van der Waals surface area contributed by atoms with Crippen LogP contribution in [0.15, 0.2) is 36.4 Å². The van der Waals surface area contributed by atoms with Crippen LogP contribution >= 0.6 is 0 Å². The fraction of sp³-hybridized carbons (Fsp3) is 0.235. The quantitative estimate of drug-likeness (QED) is 0.860. The van der Waals surface area contributed by atoms with Gasteiger partial charge in [-0.1, -0.05) is 6.07 Å². The monoisotopic (exact) mass is 281 g/mol. The van der Waals surface area contributed by atoms with Gasteiger partial charge in [-0.15, -0.1) is 0 Å². The molecule has 0 unspecified atom stereocenters. The van der Waals surface area contributed by atoms with Crippen LogP contribution < -0.4 is 10.6 Å². The van der Waals surface area contributed by atoms with Crippen LogP contribution in [0.2, 0.25) is 0 Å². The van der Waals surface area contributed by atoms with E-state index in [1.807, 2.05) is 18.2 Å². The molecule has 3 rings (SSSR count). The average Bonchev–Trinajstić information content (AvgIpc) is 2.50. The summed E-state index contributed by atoms with van der Waals surface area (Å²) in [7, 11) is 0. The van der Waals surface area contributed by atoms with E-state index in [1.54, 1.807) is 6.07 Å². The number of benzene rings is 2. The number of fused-ring (bicyclic) bond motifs is 1. The SMILES string of the molecule is N#Cc1ccc(F)c(CN2CCCc3ccc(N)cc32)c1. The van der Waals surface area contributed by atoms with Gasteiger partial charge >= 0.3 is 0 Å². The molecule has 2 N–H and O–H groups in total. The van der Waals surface area contributed by atoms with Gasteiger partial charge in [0.05, 0.1) is 11.6 Å². The number of hydrogen-bond acceptors (Lipinski definition) is 3. The Hall–Kier alpha value is -2.54. The van der Waals surface area contributed by atoms with Gasteiger partial charge in [-0.2, -0.15) is 5.26 Å². The van der Waals surface area contributed by atoms with Crippen molar-refractivity contribution >= 4 is 11.4 Å². The summed E-state index contributed by atoms with van der Waals surface area (Å²) in [6.45, 7) is 1.32. The van der Waals surface area contributed by atoms with Crippen molar-refractivity contribution in [3.63, 3.8) is 0 Å². The topological polar surface area (TPSA) is 53.0 Å². The first-order chi connectivity index (χ1) is 10.2. The average molecular weight is 281 g/mol. The third-order valence-electron chi connectivity index (χ3n) is 3.86. The molecule has 0 radical (unpaired) electrons. The van der Waals surface area contributed by atoms with Crippen LogP contribution in [0.5, 0.6) is 0 Å². The predicted octanol–water partition coefficient (Wildman–Crippen LogP) is 3.23. The van der Waals surface area contributed by atoms with Gasteiger partial charge in [0.2, 0.25) is 0 Å². The third kappa shape index (κ3) is 2.68. The Kier molecular flexibility index (Phi) is 3.49. The normalized spacial score (nSPS) is 13.6. The van der Waals surface area contributed by atoms with E-state index in [0.717, 1.165) is 25.1 Å². The molecule has 21 heavy (non-hydrogen) atoms. The lowest BCUT2D eigenvalue weighted by Gasteiger charge is -2.31. The largest absolute Gasteiger partial charge is 0.399 e. The lowest BCUT2D eigenvalue weighted by molar-refractivity contribution is 0.597. The van der Waals surface area contributed by atoms with E-state index < -0.39 is 0 Å². The van der Waals surface area contributed by atoms with E-state index in [2.05, 4.69) is 11.0 Å². The third-order valence-corrected chi connectivity index (χ3v) is 3.86. The number of rotatable bonds is 2. The second-order valence-electron chi connectivity index (χ2n) is 5.33. The molecule has 1 heterocycles. The first-order valence-electron chi connectivity index (χ1n) is 6.99. The number of halogens is 1. The van der Waals surface area contributed by atoms with Crippen molar-refractivity contribution in [1.82, 2.24) is 0 Å². The molecule has 1 aliphatic rings. The van der Waals surface area contributed by atoms with E-state index in [4.69, 9.17) is 11.0 Å². The maximum atomic E-state index is 14.0. The number of aryl methyl sites for hydroxylation is 1. The first kappa shape index (κ1) is 13.4. The maximum Gasteiger partial charge on any atom is 0.128 e. The van der Waals surface area contributed by atoms with Gasteiger partial charge in [0.15, 0.2) is 0 Å². The van der Waals surface area contributed by atoms with Crippen LogP contribution in [0.3, 0.4) is 0 Å². The summed E-state index contributed by atoms with van der Waals surface area (Å²) in [5.41, 5.74) is 9.93. The summed E-state index contributed by atoms with van der Waals surface area (Å²) in [5.74, 6) is -0.273. The van der Waals surface area contributed by atoms with E-state index >= 15 is 0 Å². The maximum absolute atomic E-state index is 14.0. The minimum absolute atomic E-state index is 0.273. The van der Waals surface area contributed by atoms with Crippen LogP contribution in [0.4, 0.5) is 15.8 Å². The van der Waals surface area contributed by atoms with Gasteiger partial charge in [0.1, 0.15) is 5.82 Å². The van der Waals surface area contributed by atoms with E-state index in [-0.39, 0.29) is 5.82 Å². The van der Waals surface area contributed by atoms with Crippen molar-refractivity contribution in [2.24, 2.45) is 0 Å². The fourth-order valence-electron chi connectivity index (χ4n) is 2.80. The number of nitriles is 1. The van der Waals surface area contributed by atoms with Gasteiger partial charge in [0.25, 0.3) is 0 Å². The second kappa shape index (κ2) is 5.45. The standard InChI is InChI=1S/C17H16FN3/c18-16-6-3-12(10-19)8-14(16)11-21-7-1-2-13-4-5-15(20)9-17(13)21/h3-6,8-9H,1-2,7,11,20H2. The Morgan fingerprint density at radius 3 is 2.90 bits per heavy atom. The molecule has 0 spiro atoms. The predicted molar refractivity (Wildman–Crippen MR) is 81.3 cm³/mol. The summed E-state index contributed by atoms with van der Waals surface area (Å²) < 4.78 is 14.0. The zero-order valence-corrected chi connectivity index (χ0v) is 11.6. The van der Waals surface area contributed by atoms with Crippen molar-refractivity contribution in [3.05, 3.63) is 58.9 Å². The number of hydrogen-bond donors (Lipinski definition) is 1. The van der Waals surface area contributed by atoms with Gasteiger partial charge < -0.3 is 10.6 Å². The van der Waals surface area contributed by atoms with Crippen LogP contribution in [0.1, 0.15) is 23.1 Å². The van der Waals surface area contributed by atoms with Crippen LogP contribution in [0, 0.1) is 17.1 Å².